The summed E-state index contributed by atoms with van der Waals surface area (Å²) in [5, 5.41) is 19.3. The van der Waals surface area contributed by atoms with Crippen molar-refractivity contribution >= 4 is 0 Å². The molecule has 0 bridgehead atoms. The minimum atomic E-state index is -0.585. The van der Waals surface area contributed by atoms with E-state index in [4.69, 9.17) is 9.97 Å². The van der Waals surface area contributed by atoms with Gasteiger partial charge in [-0.25, -0.2) is 0 Å². The van der Waals surface area contributed by atoms with E-state index in [0.29, 0.717) is 11.1 Å². The summed E-state index contributed by atoms with van der Waals surface area (Å²) in [5.41, 5.74) is 5.75. The first-order valence-corrected chi connectivity index (χ1v) is 9.98. The van der Waals surface area contributed by atoms with E-state index in [-0.39, 0.29) is 21.1 Å². The third kappa shape index (κ3) is 4.11. The molecule has 0 saturated heterocycles. The number of rotatable bonds is 4. The third-order valence-corrected chi connectivity index (χ3v) is 5.47. The van der Waals surface area contributed by atoms with Gasteiger partial charge in [0.05, 0.1) is 40.1 Å². The summed E-state index contributed by atoms with van der Waals surface area (Å²) in [6.07, 6.45) is 3.53. The Kier molecular flexibility index (Phi) is 6.99. The number of nitrogens with zero attached hydrogens (tertiary/aromatic N) is 4. The molecule has 0 saturated carbocycles. The molecule has 2 heterocycles. The number of aromatic nitrogens is 2. The fraction of sp³-hybridized carbons (Fsp3) is 0.111. The SMILES string of the molecule is CC(C)(c1ncccc1-c1ccccc1C#N)c1ncccc1-c1ccccc1C#N.[Pt+2]. The predicted octanol–water partition coefficient (Wildman–Crippen LogP) is 5.88. The quantitative estimate of drug-likeness (QED) is 0.296. The first kappa shape index (κ1) is 23.1. The molecule has 5 heteroatoms. The predicted molar refractivity (Wildman–Crippen MR) is 121 cm³/mol. The Morgan fingerprint density at radius 3 is 1.38 bits per heavy atom. The second-order valence-corrected chi connectivity index (χ2v) is 7.74. The molecule has 0 aliphatic heterocycles. The third-order valence-electron chi connectivity index (χ3n) is 5.47. The van der Waals surface area contributed by atoms with Gasteiger partial charge in [0.2, 0.25) is 0 Å². The molecule has 0 spiro atoms. The summed E-state index contributed by atoms with van der Waals surface area (Å²) in [6, 6.07) is 27.4. The van der Waals surface area contributed by atoms with E-state index >= 15 is 0 Å². The fourth-order valence-electron chi connectivity index (χ4n) is 3.98. The summed E-state index contributed by atoms with van der Waals surface area (Å²) in [5.74, 6) is 0. The molecular weight excluding hydrogens is 575 g/mol. The Labute approximate surface area is 202 Å². The van der Waals surface area contributed by atoms with Gasteiger partial charge in [0.25, 0.3) is 0 Å². The molecule has 0 fully saturated rings. The first-order valence-electron chi connectivity index (χ1n) is 9.98. The maximum Gasteiger partial charge on any atom is 2.00 e. The Hall–Kier alpha value is -3.59. The Bertz CT molecular complexity index is 1240. The average Bonchev–Trinajstić information content (AvgIpc) is 2.84. The number of nitriles is 2. The van der Waals surface area contributed by atoms with Crippen LogP contribution in [0.2, 0.25) is 0 Å². The molecule has 0 unspecified atom stereocenters. The van der Waals surface area contributed by atoms with E-state index in [0.717, 1.165) is 33.6 Å². The smallest absolute Gasteiger partial charge is 0.260 e. The number of pyridine rings is 2. The van der Waals surface area contributed by atoms with Gasteiger partial charge in [0, 0.05) is 34.6 Å². The maximum absolute atomic E-state index is 9.63. The normalized spacial score (nSPS) is 10.5. The Balaban J connectivity index is 0.00000289. The van der Waals surface area contributed by atoms with Gasteiger partial charge in [0.1, 0.15) is 0 Å². The van der Waals surface area contributed by atoms with Crippen LogP contribution in [0.5, 0.6) is 0 Å². The monoisotopic (exact) mass is 595 g/mol. The van der Waals surface area contributed by atoms with Crippen molar-refractivity contribution in [1.82, 2.24) is 9.97 Å². The number of hydrogen-bond donors (Lipinski definition) is 0. The van der Waals surface area contributed by atoms with Crippen LogP contribution >= 0.6 is 0 Å². The molecule has 4 rings (SSSR count). The molecule has 0 atom stereocenters. The zero-order valence-corrected chi connectivity index (χ0v) is 20.0. The molecule has 2 aromatic heterocycles. The minimum absolute atomic E-state index is 0. The Morgan fingerprint density at radius 1 is 0.594 bits per heavy atom. The van der Waals surface area contributed by atoms with Crippen LogP contribution in [-0.4, -0.2) is 9.97 Å². The van der Waals surface area contributed by atoms with Crippen LogP contribution in [0.1, 0.15) is 36.4 Å². The van der Waals surface area contributed by atoms with Crippen molar-refractivity contribution in [2.45, 2.75) is 19.3 Å². The summed E-state index contributed by atoms with van der Waals surface area (Å²) >= 11 is 0. The zero-order chi connectivity index (χ0) is 21.8. The van der Waals surface area contributed by atoms with Gasteiger partial charge < -0.3 is 0 Å². The summed E-state index contributed by atoms with van der Waals surface area (Å²) in [4.78, 5) is 9.48. The first-order chi connectivity index (χ1) is 15.1. The largest absolute Gasteiger partial charge is 2.00 e. The average molecular weight is 596 g/mol. The van der Waals surface area contributed by atoms with Crippen LogP contribution < -0.4 is 0 Å². The van der Waals surface area contributed by atoms with Crippen molar-refractivity contribution in [2.24, 2.45) is 0 Å². The van der Waals surface area contributed by atoms with E-state index < -0.39 is 5.41 Å². The van der Waals surface area contributed by atoms with Crippen molar-refractivity contribution in [3.63, 3.8) is 0 Å². The van der Waals surface area contributed by atoms with E-state index in [1.807, 2.05) is 72.8 Å². The topological polar surface area (TPSA) is 73.4 Å². The summed E-state index contributed by atoms with van der Waals surface area (Å²) in [7, 11) is 0. The van der Waals surface area contributed by atoms with Crippen LogP contribution in [0.4, 0.5) is 0 Å². The van der Waals surface area contributed by atoms with Crippen molar-refractivity contribution in [3.05, 3.63) is 108 Å². The number of hydrogen-bond acceptors (Lipinski definition) is 4. The standard InChI is InChI=1S/C27H20N4.Pt/c1-27(2,25-23(13-7-15-30-25)21-11-5-3-9-19(21)17-28)26-24(14-8-16-31-26)22-12-6-4-10-20(22)18-29;/h3-16H,1-2H3;/q;+2. The van der Waals surface area contributed by atoms with Crippen molar-refractivity contribution in [3.8, 4) is 34.4 Å². The second kappa shape index (κ2) is 9.69. The molecule has 0 aliphatic rings. The van der Waals surface area contributed by atoms with Crippen LogP contribution in [0, 0.1) is 22.7 Å². The Morgan fingerprint density at radius 2 is 0.969 bits per heavy atom. The zero-order valence-electron chi connectivity index (χ0n) is 17.7. The number of benzene rings is 2. The van der Waals surface area contributed by atoms with Crippen LogP contribution in [0.3, 0.4) is 0 Å². The molecule has 4 nitrogen and oxygen atoms in total. The van der Waals surface area contributed by atoms with E-state index in [1.54, 1.807) is 12.4 Å². The second-order valence-electron chi connectivity index (χ2n) is 7.74. The van der Waals surface area contributed by atoms with Gasteiger partial charge in [-0.15, -0.1) is 0 Å². The van der Waals surface area contributed by atoms with Gasteiger partial charge in [-0.1, -0.05) is 48.5 Å². The molecular formula is C27H20N4Pt+2. The molecule has 32 heavy (non-hydrogen) atoms. The van der Waals surface area contributed by atoms with Crippen molar-refractivity contribution in [2.75, 3.05) is 0 Å². The molecule has 0 radical (unpaired) electrons. The van der Waals surface area contributed by atoms with Gasteiger partial charge in [0.15, 0.2) is 0 Å². The van der Waals surface area contributed by atoms with E-state index in [2.05, 4.69) is 26.0 Å². The summed E-state index contributed by atoms with van der Waals surface area (Å²) in [6.45, 7) is 4.16. The van der Waals surface area contributed by atoms with Gasteiger partial charge in [-0.05, 0) is 38.1 Å². The minimum Gasteiger partial charge on any atom is -0.260 e. The van der Waals surface area contributed by atoms with Crippen LogP contribution in [0.15, 0.2) is 85.2 Å². The molecule has 4 aromatic rings. The fourth-order valence-corrected chi connectivity index (χ4v) is 3.98. The van der Waals surface area contributed by atoms with Crippen molar-refractivity contribution < 1.29 is 21.1 Å². The van der Waals surface area contributed by atoms with Gasteiger partial charge in [-0.2, -0.15) is 10.5 Å². The molecule has 0 amide bonds. The summed E-state index contributed by atoms with van der Waals surface area (Å²) < 4.78 is 0. The van der Waals surface area contributed by atoms with Crippen LogP contribution in [-0.2, 0) is 26.5 Å². The van der Waals surface area contributed by atoms with Crippen molar-refractivity contribution in [1.29, 1.82) is 10.5 Å². The molecule has 0 aliphatic carbocycles. The molecule has 0 N–H and O–H groups in total. The van der Waals surface area contributed by atoms with E-state index in [9.17, 15) is 10.5 Å². The molecule has 2 aromatic carbocycles. The van der Waals surface area contributed by atoms with Gasteiger partial charge >= 0.3 is 21.1 Å². The van der Waals surface area contributed by atoms with E-state index in [1.165, 1.54) is 0 Å². The maximum atomic E-state index is 9.63. The van der Waals surface area contributed by atoms with Gasteiger partial charge in [-0.3, -0.25) is 9.97 Å². The van der Waals surface area contributed by atoms with Crippen LogP contribution in [0.25, 0.3) is 22.3 Å². The molecule has 156 valence electrons.